The Hall–Kier alpha value is -2.54. The van der Waals surface area contributed by atoms with Crippen LogP contribution in [0.4, 0.5) is 4.39 Å². The van der Waals surface area contributed by atoms with Crippen molar-refractivity contribution in [3.8, 4) is 0 Å². The zero-order chi connectivity index (χ0) is 20.1. The number of fused-ring (bicyclic) bond motifs is 1. The third-order valence-electron chi connectivity index (χ3n) is 5.16. The fourth-order valence-corrected chi connectivity index (χ4v) is 3.62. The smallest absolute Gasteiger partial charge is 0.267 e. The number of hydrogen-bond acceptors (Lipinski definition) is 4. The molecule has 1 aliphatic rings. The third kappa shape index (κ3) is 4.65. The van der Waals surface area contributed by atoms with E-state index >= 15 is 0 Å². The van der Waals surface area contributed by atoms with Gasteiger partial charge in [0.25, 0.3) is 11.5 Å². The molecule has 0 bridgehead atoms. The van der Waals surface area contributed by atoms with Crippen LogP contribution in [0.15, 0.2) is 23.0 Å². The second-order valence-corrected chi connectivity index (χ2v) is 7.52. The molecule has 1 aliphatic carbocycles. The molecule has 1 aromatic heterocycles. The first-order valence-electron chi connectivity index (χ1n) is 9.69. The summed E-state index contributed by atoms with van der Waals surface area (Å²) in [5.41, 5.74) is 4.20. The van der Waals surface area contributed by atoms with Gasteiger partial charge >= 0.3 is 0 Å². The van der Waals surface area contributed by atoms with Crippen LogP contribution in [0, 0.1) is 0 Å². The van der Waals surface area contributed by atoms with E-state index in [1.807, 2.05) is 25.1 Å². The molecule has 0 saturated carbocycles. The lowest BCUT2D eigenvalue weighted by Gasteiger charge is -2.18. The Morgan fingerprint density at radius 1 is 1.25 bits per heavy atom. The van der Waals surface area contributed by atoms with Gasteiger partial charge in [0.15, 0.2) is 0 Å². The maximum Gasteiger partial charge on any atom is 0.267 e. The summed E-state index contributed by atoms with van der Waals surface area (Å²) in [6.45, 7) is 0.517. The molecule has 0 atom stereocenters. The summed E-state index contributed by atoms with van der Waals surface area (Å²) in [5, 5.41) is 9.70. The van der Waals surface area contributed by atoms with Crippen LogP contribution in [-0.2, 0) is 25.9 Å². The molecule has 2 aromatic rings. The summed E-state index contributed by atoms with van der Waals surface area (Å²) in [6, 6.07) is 5.23. The maximum atomic E-state index is 13.4. The van der Waals surface area contributed by atoms with Crippen molar-refractivity contribution in [1.29, 1.82) is 0 Å². The molecule has 0 radical (unpaired) electrons. The van der Waals surface area contributed by atoms with Gasteiger partial charge in [0.1, 0.15) is 6.67 Å². The Kier molecular flexibility index (Phi) is 6.57. The number of carbonyl (C=O) groups is 1. The molecule has 150 valence electrons. The normalized spacial score (nSPS) is 13.4. The molecule has 28 heavy (non-hydrogen) atoms. The number of nitrogens with zero attached hydrogens (tertiary/aromatic N) is 2. The quantitative estimate of drug-likeness (QED) is 0.763. The Labute approximate surface area is 164 Å². The Morgan fingerprint density at radius 3 is 2.71 bits per heavy atom. The van der Waals surface area contributed by atoms with Crippen LogP contribution in [0.1, 0.15) is 51.1 Å². The molecule has 3 rings (SSSR count). The molecular weight excluding hydrogens is 359 g/mol. The zero-order valence-electron chi connectivity index (χ0n) is 16.5. The highest BCUT2D eigenvalue weighted by atomic mass is 19.1. The number of nitrogens with one attached hydrogen (secondary N) is 2. The monoisotopic (exact) mass is 386 g/mol. The zero-order valence-corrected chi connectivity index (χ0v) is 16.5. The van der Waals surface area contributed by atoms with Crippen LogP contribution < -0.4 is 10.9 Å². The van der Waals surface area contributed by atoms with Gasteiger partial charge in [0.2, 0.25) is 0 Å². The van der Waals surface area contributed by atoms with E-state index in [1.54, 1.807) is 12.1 Å². The van der Waals surface area contributed by atoms with Crippen molar-refractivity contribution in [2.45, 2.75) is 38.8 Å². The van der Waals surface area contributed by atoms with E-state index in [1.165, 1.54) is 0 Å². The minimum absolute atomic E-state index is 0.104. The fraction of sp³-hybridized carbons (Fsp3) is 0.476. The minimum atomic E-state index is -0.691. The number of carbonyl (C=O) groups excluding carboxylic acids is 1. The van der Waals surface area contributed by atoms with E-state index in [0.29, 0.717) is 30.6 Å². The van der Waals surface area contributed by atoms with E-state index in [0.717, 1.165) is 48.1 Å². The largest absolute Gasteiger partial charge is 0.351 e. The van der Waals surface area contributed by atoms with Crippen molar-refractivity contribution in [3.63, 3.8) is 0 Å². The first-order valence-corrected chi connectivity index (χ1v) is 9.69. The maximum absolute atomic E-state index is 13.4. The molecule has 0 unspecified atom stereocenters. The van der Waals surface area contributed by atoms with Gasteiger partial charge in [-0.15, -0.1) is 0 Å². The Morgan fingerprint density at radius 2 is 2.00 bits per heavy atom. The molecule has 7 heteroatoms. The van der Waals surface area contributed by atoms with E-state index in [4.69, 9.17) is 0 Å². The lowest BCUT2D eigenvalue weighted by Crippen LogP contribution is -2.31. The van der Waals surface area contributed by atoms with Gasteiger partial charge in [-0.05, 0) is 62.5 Å². The summed E-state index contributed by atoms with van der Waals surface area (Å²) in [7, 11) is 3.86. The molecule has 2 N–H and O–H groups in total. The predicted molar refractivity (Wildman–Crippen MR) is 106 cm³/mol. The second kappa shape index (κ2) is 9.10. The molecule has 0 aliphatic heterocycles. The SMILES string of the molecule is CN(C)CCNC(=O)c1cc(Cc2n[nH]c(=O)c3c2CCCC3)ccc1CF. The van der Waals surface area contributed by atoms with Crippen molar-refractivity contribution >= 4 is 5.91 Å². The summed E-state index contributed by atoms with van der Waals surface area (Å²) in [6.07, 6.45) is 4.19. The standard InChI is InChI=1S/C21H27FN4O2/c1-26(2)10-9-23-20(27)18-11-14(7-8-15(18)13-22)12-19-16-5-3-4-6-17(16)21(28)25-24-19/h7-8,11H,3-6,9-10,12-13H2,1-2H3,(H,23,27)(H,25,28). The number of hydrogen-bond donors (Lipinski definition) is 2. The van der Waals surface area contributed by atoms with Crippen LogP contribution >= 0.6 is 0 Å². The average Bonchev–Trinajstić information content (AvgIpc) is 2.70. The third-order valence-corrected chi connectivity index (χ3v) is 5.16. The molecule has 1 amide bonds. The van der Waals surface area contributed by atoms with Crippen molar-refractivity contribution in [1.82, 2.24) is 20.4 Å². The summed E-state index contributed by atoms with van der Waals surface area (Å²) in [5.74, 6) is -0.271. The number of H-pyrrole nitrogens is 1. The number of aromatic amines is 1. The highest BCUT2D eigenvalue weighted by Gasteiger charge is 2.19. The van der Waals surface area contributed by atoms with E-state index in [2.05, 4.69) is 15.5 Å². The molecular formula is C21H27FN4O2. The fourth-order valence-electron chi connectivity index (χ4n) is 3.62. The molecule has 1 heterocycles. The predicted octanol–water partition coefficient (Wildman–Crippen LogP) is 2.00. The van der Waals surface area contributed by atoms with Crippen molar-refractivity contribution < 1.29 is 9.18 Å². The minimum Gasteiger partial charge on any atom is -0.351 e. The highest BCUT2D eigenvalue weighted by Crippen LogP contribution is 2.23. The van der Waals surface area contributed by atoms with Gasteiger partial charge in [-0.2, -0.15) is 5.10 Å². The number of likely N-dealkylation sites (N-methyl/N-ethyl adjacent to an activating group) is 1. The summed E-state index contributed by atoms with van der Waals surface area (Å²) >= 11 is 0. The van der Waals surface area contributed by atoms with E-state index in [9.17, 15) is 14.0 Å². The molecule has 6 nitrogen and oxygen atoms in total. The van der Waals surface area contributed by atoms with Gasteiger partial charge in [-0.25, -0.2) is 9.49 Å². The van der Waals surface area contributed by atoms with Crippen LogP contribution in [0.2, 0.25) is 0 Å². The molecule has 0 fully saturated rings. The van der Waals surface area contributed by atoms with Gasteiger partial charge in [-0.3, -0.25) is 9.59 Å². The van der Waals surface area contributed by atoms with Crippen molar-refractivity contribution in [2.75, 3.05) is 27.2 Å². The topological polar surface area (TPSA) is 78.1 Å². The number of benzene rings is 1. The first-order chi connectivity index (χ1) is 13.5. The Balaban J connectivity index is 1.84. The van der Waals surface area contributed by atoms with E-state index in [-0.39, 0.29) is 11.5 Å². The van der Waals surface area contributed by atoms with Gasteiger partial charge in [0.05, 0.1) is 5.69 Å². The first kappa shape index (κ1) is 20.2. The van der Waals surface area contributed by atoms with Crippen LogP contribution in [0.5, 0.6) is 0 Å². The van der Waals surface area contributed by atoms with Gasteiger partial charge in [-0.1, -0.05) is 12.1 Å². The summed E-state index contributed by atoms with van der Waals surface area (Å²) < 4.78 is 13.4. The Bertz CT molecular complexity index is 908. The number of aromatic nitrogens is 2. The average molecular weight is 386 g/mol. The molecule has 0 spiro atoms. The van der Waals surface area contributed by atoms with Crippen molar-refractivity contribution in [2.24, 2.45) is 0 Å². The van der Waals surface area contributed by atoms with Crippen LogP contribution in [-0.4, -0.2) is 48.2 Å². The number of rotatable bonds is 7. The number of amides is 1. The van der Waals surface area contributed by atoms with Gasteiger partial charge in [0, 0.05) is 30.6 Å². The highest BCUT2D eigenvalue weighted by molar-refractivity contribution is 5.95. The van der Waals surface area contributed by atoms with Crippen molar-refractivity contribution in [3.05, 3.63) is 62.1 Å². The van der Waals surface area contributed by atoms with Crippen LogP contribution in [0.3, 0.4) is 0 Å². The van der Waals surface area contributed by atoms with Gasteiger partial charge < -0.3 is 10.2 Å². The lowest BCUT2D eigenvalue weighted by molar-refractivity contribution is 0.0949. The summed E-state index contributed by atoms with van der Waals surface area (Å²) in [4.78, 5) is 26.5. The number of halogens is 1. The molecule has 0 saturated heterocycles. The van der Waals surface area contributed by atoms with Crippen LogP contribution in [0.25, 0.3) is 0 Å². The van der Waals surface area contributed by atoms with E-state index < -0.39 is 6.67 Å². The number of alkyl halides is 1. The molecule has 1 aromatic carbocycles. The second-order valence-electron chi connectivity index (χ2n) is 7.52. The lowest BCUT2D eigenvalue weighted by atomic mass is 9.90.